The number of hydrogen-bond donors (Lipinski definition) is 2. The van der Waals surface area contributed by atoms with Crippen molar-refractivity contribution < 1.29 is 14.6 Å². The van der Waals surface area contributed by atoms with Crippen LogP contribution in [0.3, 0.4) is 0 Å². The SMILES string of the molecule is O=C(N1C[C@@H]2CNC[C@@H]2[C@H]1c1ccccc1)C1(CO)CCOCC1. The summed E-state index contributed by atoms with van der Waals surface area (Å²) in [7, 11) is 0. The van der Waals surface area contributed by atoms with Crippen LogP contribution in [0.5, 0.6) is 0 Å². The molecule has 130 valence electrons. The molecule has 5 heteroatoms. The molecule has 0 spiro atoms. The van der Waals surface area contributed by atoms with Gasteiger partial charge in [-0.1, -0.05) is 30.3 Å². The predicted molar refractivity (Wildman–Crippen MR) is 90.3 cm³/mol. The van der Waals surface area contributed by atoms with Crippen molar-refractivity contribution in [2.24, 2.45) is 17.3 Å². The van der Waals surface area contributed by atoms with Gasteiger partial charge < -0.3 is 20.1 Å². The molecule has 0 aromatic heterocycles. The number of likely N-dealkylation sites (tertiary alicyclic amines) is 1. The lowest BCUT2D eigenvalue weighted by Gasteiger charge is -2.40. The number of nitrogens with zero attached hydrogens (tertiary/aromatic N) is 1. The Hall–Kier alpha value is -1.43. The average molecular weight is 330 g/mol. The van der Waals surface area contributed by atoms with Crippen LogP contribution in [-0.2, 0) is 9.53 Å². The maximum Gasteiger partial charge on any atom is 0.231 e. The second-order valence-corrected chi connectivity index (χ2v) is 7.45. The number of amides is 1. The standard InChI is InChI=1S/C19H26N2O3/c22-13-19(6-8-24-9-7-19)18(23)21-12-15-10-20-11-16(15)17(21)14-4-2-1-3-5-14/h1-5,15-17,20,22H,6-13H2/t15-,16-,17+/m0/s1. The smallest absolute Gasteiger partial charge is 0.231 e. The Bertz CT molecular complexity index is 586. The summed E-state index contributed by atoms with van der Waals surface area (Å²) in [4.78, 5) is 15.5. The maximum atomic E-state index is 13.5. The Morgan fingerprint density at radius 3 is 2.71 bits per heavy atom. The number of hydrogen-bond acceptors (Lipinski definition) is 4. The van der Waals surface area contributed by atoms with E-state index in [1.165, 1.54) is 5.56 Å². The summed E-state index contributed by atoms with van der Waals surface area (Å²) in [6.45, 7) is 3.77. The minimum Gasteiger partial charge on any atom is -0.395 e. The molecular formula is C19H26N2O3. The summed E-state index contributed by atoms with van der Waals surface area (Å²) < 4.78 is 5.43. The fraction of sp³-hybridized carbons (Fsp3) is 0.632. The van der Waals surface area contributed by atoms with E-state index >= 15 is 0 Å². The number of nitrogens with one attached hydrogen (secondary N) is 1. The normalized spacial score (nSPS) is 31.9. The van der Waals surface area contributed by atoms with Crippen LogP contribution >= 0.6 is 0 Å². The molecule has 0 aliphatic carbocycles. The van der Waals surface area contributed by atoms with Crippen molar-refractivity contribution in [3.05, 3.63) is 35.9 Å². The predicted octanol–water partition coefficient (Wildman–Crippen LogP) is 1.19. The van der Waals surface area contributed by atoms with E-state index in [-0.39, 0.29) is 18.6 Å². The molecule has 5 nitrogen and oxygen atoms in total. The van der Waals surface area contributed by atoms with Crippen LogP contribution in [0.2, 0.25) is 0 Å². The van der Waals surface area contributed by atoms with Gasteiger partial charge in [0.2, 0.25) is 5.91 Å². The number of ether oxygens (including phenoxy) is 1. The number of carbonyl (C=O) groups excluding carboxylic acids is 1. The third-order valence-electron chi connectivity index (χ3n) is 6.17. The first-order chi connectivity index (χ1) is 11.7. The Kier molecular flexibility index (Phi) is 4.33. The number of benzene rings is 1. The molecule has 4 rings (SSSR count). The fourth-order valence-electron chi connectivity index (χ4n) is 4.71. The van der Waals surface area contributed by atoms with Crippen LogP contribution < -0.4 is 5.32 Å². The van der Waals surface area contributed by atoms with E-state index in [4.69, 9.17) is 4.74 Å². The van der Waals surface area contributed by atoms with Gasteiger partial charge >= 0.3 is 0 Å². The molecule has 3 atom stereocenters. The molecule has 1 aromatic carbocycles. The van der Waals surface area contributed by atoms with Gasteiger partial charge in [0.25, 0.3) is 0 Å². The zero-order valence-electron chi connectivity index (χ0n) is 14.0. The molecule has 3 saturated heterocycles. The molecule has 3 aliphatic rings. The van der Waals surface area contributed by atoms with Gasteiger partial charge in [-0.3, -0.25) is 4.79 Å². The highest BCUT2D eigenvalue weighted by atomic mass is 16.5. The van der Waals surface area contributed by atoms with Crippen molar-refractivity contribution in [2.75, 3.05) is 39.5 Å². The summed E-state index contributed by atoms with van der Waals surface area (Å²) >= 11 is 0. The van der Waals surface area contributed by atoms with Gasteiger partial charge in [-0.25, -0.2) is 0 Å². The van der Waals surface area contributed by atoms with Crippen LogP contribution in [0.4, 0.5) is 0 Å². The highest BCUT2D eigenvalue weighted by Crippen LogP contribution is 2.45. The van der Waals surface area contributed by atoms with Gasteiger partial charge in [0.15, 0.2) is 0 Å². The highest BCUT2D eigenvalue weighted by molar-refractivity contribution is 5.84. The monoisotopic (exact) mass is 330 g/mol. The zero-order chi connectivity index (χ0) is 16.6. The van der Waals surface area contributed by atoms with E-state index in [0.29, 0.717) is 37.9 Å². The summed E-state index contributed by atoms with van der Waals surface area (Å²) in [5, 5.41) is 13.5. The number of carbonyl (C=O) groups is 1. The first-order valence-electron chi connectivity index (χ1n) is 9.00. The third kappa shape index (κ3) is 2.55. The molecule has 0 radical (unpaired) electrons. The third-order valence-corrected chi connectivity index (χ3v) is 6.17. The van der Waals surface area contributed by atoms with Crippen molar-refractivity contribution in [1.82, 2.24) is 10.2 Å². The van der Waals surface area contributed by atoms with Crippen molar-refractivity contribution in [3.63, 3.8) is 0 Å². The summed E-state index contributed by atoms with van der Waals surface area (Å²) in [5.74, 6) is 1.10. The van der Waals surface area contributed by atoms with E-state index in [1.807, 2.05) is 18.2 Å². The first kappa shape index (κ1) is 16.1. The van der Waals surface area contributed by atoms with E-state index < -0.39 is 5.41 Å². The van der Waals surface area contributed by atoms with Gasteiger partial charge in [-0.05, 0) is 24.3 Å². The van der Waals surface area contributed by atoms with Crippen molar-refractivity contribution in [2.45, 2.75) is 18.9 Å². The molecule has 3 aliphatic heterocycles. The lowest BCUT2D eigenvalue weighted by Crippen LogP contribution is -2.49. The van der Waals surface area contributed by atoms with Crippen LogP contribution in [0.15, 0.2) is 30.3 Å². The van der Waals surface area contributed by atoms with Crippen LogP contribution in [-0.4, -0.2) is 55.4 Å². The van der Waals surface area contributed by atoms with Crippen molar-refractivity contribution >= 4 is 5.91 Å². The van der Waals surface area contributed by atoms with Gasteiger partial charge in [-0.15, -0.1) is 0 Å². The van der Waals surface area contributed by atoms with Crippen molar-refractivity contribution in [3.8, 4) is 0 Å². The second-order valence-electron chi connectivity index (χ2n) is 7.45. The van der Waals surface area contributed by atoms with Gasteiger partial charge in [-0.2, -0.15) is 0 Å². The lowest BCUT2D eigenvalue weighted by molar-refractivity contribution is -0.153. The molecule has 1 aromatic rings. The first-order valence-corrected chi connectivity index (χ1v) is 9.00. The zero-order valence-corrected chi connectivity index (χ0v) is 14.0. The molecule has 24 heavy (non-hydrogen) atoms. The van der Waals surface area contributed by atoms with Gasteiger partial charge in [0.05, 0.1) is 18.1 Å². The highest BCUT2D eigenvalue weighted by Gasteiger charge is 2.51. The molecule has 0 saturated carbocycles. The largest absolute Gasteiger partial charge is 0.395 e. The minimum absolute atomic E-state index is 0.0826. The van der Waals surface area contributed by atoms with Gasteiger partial charge in [0.1, 0.15) is 0 Å². The van der Waals surface area contributed by atoms with E-state index in [1.54, 1.807) is 0 Å². The van der Waals surface area contributed by atoms with Gasteiger partial charge in [0, 0.05) is 38.8 Å². The molecular weight excluding hydrogens is 304 g/mol. The Morgan fingerprint density at radius 1 is 1.25 bits per heavy atom. The fourth-order valence-corrected chi connectivity index (χ4v) is 4.71. The maximum absolute atomic E-state index is 13.5. The molecule has 3 heterocycles. The van der Waals surface area contributed by atoms with Crippen molar-refractivity contribution in [1.29, 1.82) is 0 Å². The van der Waals surface area contributed by atoms with E-state index in [2.05, 4.69) is 22.3 Å². The number of fused-ring (bicyclic) bond motifs is 1. The summed E-state index contributed by atoms with van der Waals surface area (Å²) in [6, 6.07) is 10.5. The Morgan fingerprint density at radius 2 is 2.00 bits per heavy atom. The molecule has 2 N–H and O–H groups in total. The summed E-state index contributed by atoms with van der Waals surface area (Å²) in [5.41, 5.74) is 0.555. The van der Waals surface area contributed by atoms with E-state index in [0.717, 1.165) is 19.6 Å². The van der Waals surface area contributed by atoms with Crippen LogP contribution in [0, 0.1) is 17.3 Å². The second kappa shape index (κ2) is 6.47. The molecule has 0 unspecified atom stereocenters. The number of rotatable bonds is 3. The quantitative estimate of drug-likeness (QED) is 0.874. The minimum atomic E-state index is -0.655. The Balaban J connectivity index is 1.66. The Labute approximate surface area is 143 Å². The lowest BCUT2D eigenvalue weighted by atomic mass is 9.79. The molecule has 1 amide bonds. The molecule has 0 bridgehead atoms. The molecule has 3 fully saturated rings. The average Bonchev–Trinajstić information content (AvgIpc) is 3.23. The topological polar surface area (TPSA) is 61.8 Å². The number of aliphatic hydroxyl groups is 1. The van der Waals surface area contributed by atoms with Crippen LogP contribution in [0.1, 0.15) is 24.4 Å². The summed E-state index contributed by atoms with van der Waals surface area (Å²) in [6.07, 6.45) is 1.24. The van der Waals surface area contributed by atoms with E-state index in [9.17, 15) is 9.90 Å². The van der Waals surface area contributed by atoms with Crippen LogP contribution in [0.25, 0.3) is 0 Å². The number of aliphatic hydroxyl groups excluding tert-OH is 1.